The largest absolute Gasteiger partial charge is 0.466 e. The van der Waals surface area contributed by atoms with Crippen molar-refractivity contribution in [2.75, 3.05) is 6.61 Å². The third-order valence-electron chi connectivity index (χ3n) is 2.83. The molecule has 16 heavy (non-hydrogen) atoms. The van der Waals surface area contributed by atoms with E-state index in [1.807, 2.05) is 13.8 Å². The second-order valence-corrected chi connectivity index (χ2v) is 4.35. The molecule has 4 nitrogen and oxygen atoms in total. The first-order chi connectivity index (χ1) is 7.41. The molecule has 0 bridgehead atoms. The summed E-state index contributed by atoms with van der Waals surface area (Å²) in [6, 6.07) is 1.71. The van der Waals surface area contributed by atoms with Crippen molar-refractivity contribution in [2.24, 2.45) is 0 Å². The molecule has 4 heteroatoms. The van der Waals surface area contributed by atoms with Crippen LogP contribution in [0, 0.1) is 13.8 Å². The highest BCUT2D eigenvalue weighted by Gasteiger charge is 2.25. The van der Waals surface area contributed by atoms with Crippen LogP contribution in [-0.2, 0) is 0 Å². The summed E-state index contributed by atoms with van der Waals surface area (Å²) in [4.78, 5) is 11.9. The fourth-order valence-electron chi connectivity index (χ4n) is 1.44. The van der Waals surface area contributed by atoms with Crippen LogP contribution >= 0.6 is 0 Å². The predicted octanol–water partition coefficient (Wildman–Crippen LogP) is 1.79. The van der Waals surface area contributed by atoms with Gasteiger partial charge in [0.05, 0.1) is 17.7 Å². The van der Waals surface area contributed by atoms with E-state index in [0.717, 1.165) is 0 Å². The van der Waals surface area contributed by atoms with Crippen LogP contribution in [0.1, 0.15) is 42.1 Å². The van der Waals surface area contributed by atoms with Gasteiger partial charge >= 0.3 is 0 Å². The second-order valence-electron chi connectivity index (χ2n) is 4.35. The first-order valence-electron chi connectivity index (χ1n) is 5.42. The zero-order valence-corrected chi connectivity index (χ0v) is 10.3. The number of carbonyl (C=O) groups is 1. The SMILES string of the molecule is CCC(C)(CO)NC(=O)c1cc(C)oc1C. The summed E-state index contributed by atoms with van der Waals surface area (Å²) in [5.41, 5.74) is -0.0417. The first-order valence-corrected chi connectivity index (χ1v) is 5.42. The third-order valence-corrected chi connectivity index (χ3v) is 2.83. The predicted molar refractivity (Wildman–Crippen MR) is 61.4 cm³/mol. The number of hydrogen-bond donors (Lipinski definition) is 2. The van der Waals surface area contributed by atoms with Gasteiger partial charge in [-0.3, -0.25) is 4.79 Å². The normalized spacial score (nSPS) is 14.6. The van der Waals surface area contributed by atoms with Crippen molar-refractivity contribution in [3.63, 3.8) is 0 Å². The van der Waals surface area contributed by atoms with Crippen molar-refractivity contribution < 1.29 is 14.3 Å². The molecular formula is C12H19NO3. The molecule has 0 saturated carbocycles. The van der Waals surface area contributed by atoms with Crippen LogP contribution in [-0.4, -0.2) is 23.2 Å². The monoisotopic (exact) mass is 225 g/mol. The summed E-state index contributed by atoms with van der Waals surface area (Å²) in [6.45, 7) is 7.21. The highest BCUT2D eigenvalue weighted by Crippen LogP contribution is 2.16. The van der Waals surface area contributed by atoms with E-state index in [0.29, 0.717) is 23.5 Å². The zero-order chi connectivity index (χ0) is 12.3. The van der Waals surface area contributed by atoms with Gasteiger partial charge in [-0.15, -0.1) is 0 Å². The molecular weight excluding hydrogens is 206 g/mol. The lowest BCUT2D eigenvalue weighted by Crippen LogP contribution is -2.48. The Kier molecular flexibility index (Phi) is 3.75. The van der Waals surface area contributed by atoms with Crippen LogP contribution in [0.3, 0.4) is 0 Å². The van der Waals surface area contributed by atoms with E-state index in [2.05, 4.69) is 5.32 Å². The summed E-state index contributed by atoms with van der Waals surface area (Å²) in [5.74, 6) is 1.11. The van der Waals surface area contributed by atoms with E-state index < -0.39 is 5.54 Å². The molecule has 1 amide bonds. The number of rotatable bonds is 4. The maximum atomic E-state index is 11.9. The van der Waals surface area contributed by atoms with Gasteiger partial charge in [0.25, 0.3) is 5.91 Å². The van der Waals surface area contributed by atoms with Crippen LogP contribution in [0.25, 0.3) is 0 Å². The minimum absolute atomic E-state index is 0.0783. The van der Waals surface area contributed by atoms with Gasteiger partial charge in [-0.25, -0.2) is 0 Å². The van der Waals surface area contributed by atoms with Crippen LogP contribution in [0.4, 0.5) is 0 Å². The first kappa shape index (κ1) is 12.8. The molecule has 1 atom stereocenters. The molecule has 0 spiro atoms. The molecule has 0 aliphatic rings. The summed E-state index contributed by atoms with van der Waals surface area (Å²) in [6.07, 6.45) is 0.672. The molecule has 90 valence electrons. The van der Waals surface area contributed by atoms with E-state index in [1.165, 1.54) is 0 Å². The quantitative estimate of drug-likeness (QED) is 0.821. The Morgan fingerprint density at radius 2 is 2.19 bits per heavy atom. The Morgan fingerprint density at radius 1 is 1.56 bits per heavy atom. The fourth-order valence-corrected chi connectivity index (χ4v) is 1.44. The topological polar surface area (TPSA) is 62.5 Å². The molecule has 1 aromatic rings. The average Bonchev–Trinajstić information content (AvgIpc) is 2.57. The molecule has 0 saturated heterocycles. The molecule has 1 aromatic heterocycles. The van der Waals surface area contributed by atoms with Gasteiger partial charge in [0.15, 0.2) is 0 Å². The molecule has 1 rings (SSSR count). The molecule has 0 aromatic carbocycles. The summed E-state index contributed by atoms with van der Waals surface area (Å²) >= 11 is 0. The van der Waals surface area contributed by atoms with Crippen LogP contribution in [0.15, 0.2) is 10.5 Å². The Hall–Kier alpha value is -1.29. The van der Waals surface area contributed by atoms with Gasteiger partial charge < -0.3 is 14.8 Å². The smallest absolute Gasteiger partial charge is 0.255 e. The number of carbonyl (C=O) groups excluding carboxylic acids is 1. The van der Waals surface area contributed by atoms with E-state index in [1.54, 1.807) is 19.9 Å². The van der Waals surface area contributed by atoms with Crippen LogP contribution in [0.2, 0.25) is 0 Å². The average molecular weight is 225 g/mol. The minimum Gasteiger partial charge on any atom is -0.466 e. The Labute approximate surface area is 95.7 Å². The van der Waals surface area contributed by atoms with Crippen LogP contribution < -0.4 is 5.32 Å². The number of aliphatic hydroxyl groups is 1. The van der Waals surface area contributed by atoms with Gasteiger partial charge in [0.1, 0.15) is 11.5 Å². The zero-order valence-electron chi connectivity index (χ0n) is 10.3. The minimum atomic E-state index is -0.575. The lowest BCUT2D eigenvalue weighted by molar-refractivity contribution is 0.0846. The third kappa shape index (κ3) is 2.64. The second kappa shape index (κ2) is 4.70. The molecule has 2 N–H and O–H groups in total. The highest BCUT2D eigenvalue weighted by molar-refractivity contribution is 5.95. The van der Waals surface area contributed by atoms with E-state index in [-0.39, 0.29) is 12.5 Å². The maximum absolute atomic E-state index is 11.9. The van der Waals surface area contributed by atoms with Crippen molar-refractivity contribution in [1.29, 1.82) is 0 Å². The van der Waals surface area contributed by atoms with Crippen molar-refractivity contribution in [2.45, 2.75) is 39.7 Å². The molecule has 0 aliphatic carbocycles. The Morgan fingerprint density at radius 3 is 2.56 bits per heavy atom. The van der Waals surface area contributed by atoms with E-state index in [4.69, 9.17) is 4.42 Å². The number of nitrogens with one attached hydrogen (secondary N) is 1. The van der Waals surface area contributed by atoms with Crippen molar-refractivity contribution >= 4 is 5.91 Å². The highest BCUT2D eigenvalue weighted by atomic mass is 16.3. The Balaban J connectivity index is 2.84. The standard InChI is InChI=1S/C12H19NO3/c1-5-12(4,7-14)13-11(15)10-6-8(2)16-9(10)3/h6,14H,5,7H2,1-4H3,(H,13,15). The molecule has 1 heterocycles. The van der Waals surface area contributed by atoms with Gasteiger partial charge in [-0.1, -0.05) is 6.92 Å². The lowest BCUT2D eigenvalue weighted by Gasteiger charge is -2.26. The number of aliphatic hydroxyl groups excluding tert-OH is 1. The number of furan rings is 1. The Bertz CT molecular complexity index is 378. The maximum Gasteiger partial charge on any atom is 0.255 e. The van der Waals surface area contributed by atoms with E-state index in [9.17, 15) is 9.90 Å². The van der Waals surface area contributed by atoms with E-state index >= 15 is 0 Å². The van der Waals surface area contributed by atoms with Gasteiger partial charge in [-0.2, -0.15) is 0 Å². The van der Waals surface area contributed by atoms with Gasteiger partial charge in [0, 0.05) is 0 Å². The van der Waals surface area contributed by atoms with Crippen LogP contribution in [0.5, 0.6) is 0 Å². The summed E-state index contributed by atoms with van der Waals surface area (Å²) in [7, 11) is 0. The van der Waals surface area contributed by atoms with Gasteiger partial charge in [0.2, 0.25) is 0 Å². The lowest BCUT2D eigenvalue weighted by atomic mass is 9.99. The molecule has 0 radical (unpaired) electrons. The molecule has 0 aliphatic heterocycles. The number of hydrogen-bond acceptors (Lipinski definition) is 3. The van der Waals surface area contributed by atoms with Crippen molar-refractivity contribution in [3.8, 4) is 0 Å². The fraction of sp³-hybridized carbons (Fsp3) is 0.583. The summed E-state index contributed by atoms with van der Waals surface area (Å²) < 4.78 is 5.29. The van der Waals surface area contributed by atoms with Gasteiger partial charge in [-0.05, 0) is 33.3 Å². The molecule has 1 unspecified atom stereocenters. The molecule has 0 fully saturated rings. The van der Waals surface area contributed by atoms with Crippen molar-refractivity contribution in [1.82, 2.24) is 5.32 Å². The summed E-state index contributed by atoms with van der Waals surface area (Å²) in [5, 5.41) is 12.0. The number of amides is 1. The number of aryl methyl sites for hydroxylation is 2. The van der Waals surface area contributed by atoms with Crippen molar-refractivity contribution in [3.05, 3.63) is 23.2 Å².